The van der Waals surface area contributed by atoms with Gasteiger partial charge in [-0.15, -0.1) is 0 Å². The number of nitrogens with one attached hydrogen (secondary N) is 1. The summed E-state index contributed by atoms with van der Waals surface area (Å²) in [6.45, 7) is 2.08. The average Bonchev–Trinajstić information content (AvgIpc) is 2.68. The minimum atomic E-state index is -0.273. The smallest absolute Gasteiger partial charge is 0.348 e. The van der Waals surface area contributed by atoms with Gasteiger partial charge in [-0.25, -0.2) is 19.3 Å². The number of anilines is 1. The maximum absolute atomic E-state index is 11.2. The zero-order valence-corrected chi connectivity index (χ0v) is 10.6. The number of halogens is 1. The van der Waals surface area contributed by atoms with Crippen LogP contribution in [0.2, 0.25) is 0 Å². The lowest BCUT2D eigenvalue weighted by Crippen LogP contribution is -2.30. The Kier molecular flexibility index (Phi) is 2.95. The average molecular weight is 286 g/mol. The van der Waals surface area contributed by atoms with Crippen LogP contribution < -0.4 is 10.6 Å². The van der Waals surface area contributed by atoms with Crippen molar-refractivity contribution in [1.29, 1.82) is 0 Å². The van der Waals surface area contributed by atoms with Crippen LogP contribution in [0.4, 0.5) is 5.82 Å². The molecule has 2 rings (SSSR count). The van der Waals surface area contributed by atoms with E-state index in [0.29, 0.717) is 11.7 Å². The van der Waals surface area contributed by atoms with E-state index < -0.39 is 0 Å². The van der Waals surface area contributed by atoms with E-state index in [2.05, 4.69) is 38.0 Å². The molecule has 0 aromatic carbocycles. The molecule has 1 atom stereocenters. The monoisotopic (exact) mass is 285 g/mol. The molecule has 0 radical (unpaired) electrons. The molecule has 0 bridgehead atoms. The van der Waals surface area contributed by atoms with Crippen LogP contribution >= 0.6 is 15.9 Å². The van der Waals surface area contributed by atoms with Gasteiger partial charge in [-0.2, -0.15) is 5.10 Å². The molecular formula is C9H12BrN5O. The SMILES string of the molecule is CC(CBr)N(C)c1cc2n[nH]c(=O)n2cn1. The third-order valence-electron chi connectivity index (χ3n) is 2.54. The molecule has 0 saturated heterocycles. The predicted octanol–water partition coefficient (Wildman–Crippen LogP) is 0.637. The Morgan fingerprint density at radius 3 is 3.12 bits per heavy atom. The van der Waals surface area contributed by atoms with E-state index in [-0.39, 0.29) is 5.69 Å². The van der Waals surface area contributed by atoms with Gasteiger partial charge in [0.1, 0.15) is 12.1 Å². The highest BCUT2D eigenvalue weighted by molar-refractivity contribution is 9.09. The number of nitrogens with zero attached hydrogens (tertiary/aromatic N) is 4. The first-order chi connectivity index (χ1) is 7.63. The minimum absolute atomic E-state index is 0.273. The van der Waals surface area contributed by atoms with Gasteiger partial charge in [0.15, 0.2) is 5.65 Å². The first-order valence-electron chi connectivity index (χ1n) is 4.85. The lowest BCUT2D eigenvalue weighted by atomic mass is 10.3. The summed E-state index contributed by atoms with van der Waals surface area (Å²) in [5.74, 6) is 0.790. The van der Waals surface area contributed by atoms with Crippen LogP contribution in [0, 0.1) is 0 Å². The first-order valence-corrected chi connectivity index (χ1v) is 5.97. The van der Waals surface area contributed by atoms with E-state index in [0.717, 1.165) is 11.1 Å². The van der Waals surface area contributed by atoms with Crippen LogP contribution in [0.15, 0.2) is 17.2 Å². The molecule has 0 aliphatic carbocycles. The molecule has 1 unspecified atom stereocenters. The lowest BCUT2D eigenvalue weighted by molar-refractivity contribution is 0.754. The van der Waals surface area contributed by atoms with E-state index in [9.17, 15) is 4.79 Å². The van der Waals surface area contributed by atoms with E-state index in [1.165, 1.54) is 10.7 Å². The molecule has 0 aliphatic heterocycles. The van der Waals surface area contributed by atoms with Gasteiger partial charge in [-0.05, 0) is 6.92 Å². The number of hydrogen-bond donors (Lipinski definition) is 1. The Bertz CT molecular complexity index is 548. The Morgan fingerprint density at radius 1 is 1.69 bits per heavy atom. The van der Waals surface area contributed by atoms with Gasteiger partial charge in [0, 0.05) is 24.5 Å². The Labute approximate surface area is 100 Å². The maximum Gasteiger partial charge on any atom is 0.348 e. The van der Waals surface area contributed by atoms with Gasteiger partial charge in [0.2, 0.25) is 0 Å². The van der Waals surface area contributed by atoms with Crippen molar-refractivity contribution in [3.8, 4) is 0 Å². The third-order valence-corrected chi connectivity index (χ3v) is 3.48. The second-order valence-electron chi connectivity index (χ2n) is 3.62. The normalized spacial score (nSPS) is 12.9. The third kappa shape index (κ3) is 1.82. The van der Waals surface area contributed by atoms with Crippen molar-refractivity contribution < 1.29 is 0 Å². The number of aromatic nitrogens is 4. The van der Waals surface area contributed by atoms with Gasteiger partial charge < -0.3 is 4.90 Å². The summed E-state index contributed by atoms with van der Waals surface area (Å²) < 4.78 is 1.37. The summed E-state index contributed by atoms with van der Waals surface area (Å²) in [6.07, 6.45) is 1.48. The number of hydrogen-bond acceptors (Lipinski definition) is 4. The zero-order valence-electron chi connectivity index (χ0n) is 9.01. The van der Waals surface area contributed by atoms with Gasteiger partial charge in [0.05, 0.1) is 0 Å². The highest BCUT2D eigenvalue weighted by atomic mass is 79.9. The van der Waals surface area contributed by atoms with Crippen molar-refractivity contribution in [1.82, 2.24) is 19.6 Å². The fraction of sp³-hybridized carbons (Fsp3) is 0.444. The molecule has 2 aromatic rings. The van der Waals surface area contributed by atoms with Crippen LogP contribution in [0.3, 0.4) is 0 Å². The number of H-pyrrole nitrogens is 1. The molecule has 1 N–H and O–H groups in total. The van der Waals surface area contributed by atoms with Crippen molar-refractivity contribution in [2.75, 3.05) is 17.3 Å². The first kappa shape index (κ1) is 11.1. The van der Waals surface area contributed by atoms with E-state index in [1.54, 1.807) is 6.07 Å². The van der Waals surface area contributed by atoms with Crippen molar-refractivity contribution in [2.24, 2.45) is 0 Å². The Morgan fingerprint density at radius 2 is 2.44 bits per heavy atom. The van der Waals surface area contributed by atoms with E-state index in [4.69, 9.17) is 0 Å². The number of alkyl halides is 1. The number of rotatable bonds is 3. The van der Waals surface area contributed by atoms with Crippen molar-refractivity contribution in [2.45, 2.75) is 13.0 Å². The molecule has 7 heteroatoms. The largest absolute Gasteiger partial charge is 0.356 e. The molecule has 86 valence electrons. The van der Waals surface area contributed by atoms with Crippen LogP contribution in [0.5, 0.6) is 0 Å². The molecule has 0 fully saturated rings. The van der Waals surface area contributed by atoms with Crippen LogP contribution in [0.25, 0.3) is 5.65 Å². The molecule has 2 aromatic heterocycles. The van der Waals surface area contributed by atoms with Gasteiger partial charge in [-0.3, -0.25) is 0 Å². The highest BCUT2D eigenvalue weighted by Crippen LogP contribution is 2.13. The predicted molar refractivity (Wildman–Crippen MR) is 65.3 cm³/mol. The fourth-order valence-corrected chi connectivity index (χ4v) is 1.76. The number of aromatic amines is 1. The molecule has 0 aliphatic rings. The van der Waals surface area contributed by atoms with Crippen LogP contribution in [-0.4, -0.2) is 38.0 Å². The van der Waals surface area contributed by atoms with Crippen LogP contribution in [0.1, 0.15) is 6.92 Å². The molecule has 0 amide bonds. The standard InChI is InChI=1S/C9H12BrN5O/c1-6(4-10)14(2)7-3-8-12-13-9(16)15(8)5-11-7/h3,5-6H,4H2,1-2H3,(H,13,16). The van der Waals surface area contributed by atoms with Crippen molar-refractivity contribution in [3.05, 3.63) is 22.9 Å². The molecule has 0 saturated carbocycles. The van der Waals surface area contributed by atoms with Gasteiger partial charge >= 0.3 is 5.69 Å². The Hall–Kier alpha value is -1.37. The summed E-state index contributed by atoms with van der Waals surface area (Å²) in [5.41, 5.74) is 0.300. The summed E-state index contributed by atoms with van der Waals surface area (Å²) in [6, 6.07) is 2.09. The van der Waals surface area contributed by atoms with Crippen molar-refractivity contribution >= 4 is 27.4 Å². The maximum atomic E-state index is 11.2. The summed E-state index contributed by atoms with van der Waals surface area (Å²) in [4.78, 5) is 17.5. The fourth-order valence-electron chi connectivity index (χ4n) is 1.32. The molecule has 6 nitrogen and oxygen atoms in total. The zero-order chi connectivity index (χ0) is 11.7. The molecular weight excluding hydrogens is 274 g/mol. The quantitative estimate of drug-likeness (QED) is 0.841. The summed E-state index contributed by atoms with van der Waals surface area (Å²) in [7, 11) is 1.95. The minimum Gasteiger partial charge on any atom is -0.356 e. The van der Waals surface area contributed by atoms with Crippen molar-refractivity contribution in [3.63, 3.8) is 0 Å². The summed E-state index contributed by atoms with van der Waals surface area (Å²) in [5, 5.41) is 7.12. The highest BCUT2D eigenvalue weighted by Gasteiger charge is 2.11. The topological polar surface area (TPSA) is 66.3 Å². The van der Waals surface area contributed by atoms with Crippen LogP contribution in [-0.2, 0) is 0 Å². The summed E-state index contributed by atoms with van der Waals surface area (Å²) >= 11 is 3.42. The van der Waals surface area contributed by atoms with Gasteiger partial charge in [-0.1, -0.05) is 15.9 Å². The molecule has 2 heterocycles. The molecule has 16 heavy (non-hydrogen) atoms. The van der Waals surface area contributed by atoms with Gasteiger partial charge in [0.25, 0.3) is 0 Å². The van der Waals surface area contributed by atoms with E-state index in [1.807, 2.05) is 11.9 Å². The number of fused-ring (bicyclic) bond motifs is 1. The lowest BCUT2D eigenvalue weighted by Gasteiger charge is -2.23. The molecule has 0 spiro atoms. The second-order valence-corrected chi connectivity index (χ2v) is 4.27. The Balaban J connectivity index is 2.43. The second kappa shape index (κ2) is 4.25. The van der Waals surface area contributed by atoms with E-state index >= 15 is 0 Å².